The van der Waals surface area contributed by atoms with Crippen molar-refractivity contribution in [3.8, 4) is 17.2 Å². The second-order valence-electron chi connectivity index (χ2n) is 9.05. The molecule has 2 aromatic heterocycles. The summed E-state index contributed by atoms with van der Waals surface area (Å²) in [6.45, 7) is 2.36. The van der Waals surface area contributed by atoms with Crippen molar-refractivity contribution >= 4 is 28.6 Å². The van der Waals surface area contributed by atoms with Gasteiger partial charge in [0.25, 0.3) is 0 Å². The number of carbonyl (C=O) groups is 1. The Bertz CT molecular complexity index is 1200. The maximum atomic E-state index is 13.3. The number of benzene rings is 1. The van der Waals surface area contributed by atoms with Crippen LogP contribution in [0, 0.1) is 5.92 Å². The van der Waals surface area contributed by atoms with E-state index in [0.717, 1.165) is 68.0 Å². The number of methoxy groups -OCH3 is 3. The van der Waals surface area contributed by atoms with E-state index in [1.54, 1.807) is 39.8 Å². The Labute approximate surface area is 204 Å². The zero-order valence-corrected chi connectivity index (χ0v) is 20.5. The molecule has 35 heavy (non-hydrogen) atoms. The molecule has 0 bridgehead atoms. The van der Waals surface area contributed by atoms with Crippen LogP contribution in [0.15, 0.2) is 18.5 Å². The molecule has 1 aromatic carbocycles. The van der Waals surface area contributed by atoms with Crippen molar-refractivity contribution < 1.29 is 19.0 Å². The molecule has 0 aliphatic carbocycles. The first-order valence-corrected chi connectivity index (χ1v) is 12.2. The summed E-state index contributed by atoms with van der Waals surface area (Å²) in [5, 5.41) is 3.03. The van der Waals surface area contributed by atoms with Gasteiger partial charge in [-0.3, -0.25) is 4.79 Å². The van der Waals surface area contributed by atoms with Crippen molar-refractivity contribution in [3.05, 3.63) is 24.3 Å². The number of ether oxygens (including phenoxy) is 3. The van der Waals surface area contributed by atoms with E-state index >= 15 is 0 Å². The van der Waals surface area contributed by atoms with E-state index in [4.69, 9.17) is 19.2 Å². The van der Waals surface area contributed by atoms with Crippen LogP contribution >= 0.6 is 0 Å². The number of nitrogens with zero attached hydrogens (tertiary/aromatic N) is 5. The minimum Gasteiger partial charge on any atom is -0.493 e. The Balaban J connectivity index is 1.36. The van der Waals surface area contributed by atoms with Gasteiger partial charge in [-0.15, -0.1) is 0 Å². The number of carbonyl (C=O) groups excluding carboxylic acids is 1. The lowest BCUT2D eigenvalue weighted by Crippen LogP contribution is -2.41. The molecule has 0 unspecified atom stereocenters. The van der Waals surface area contributed by atoms with Crippen molar-refractivity contribution in [1.82, 2.24) is 19.5 Å². The monoisotopic (exact) mass is 480 g/mol. The molecule has 5 rings (SSSR count). The first kappa shape index (κ1) is 23.2. The molecular formula is C25H32N6O4. The summed E-state index contributed by atoms with van der Waals surface area (Å²) in [4.78, 5) is 29.5. The van der Waals surface area contributed by atoms with E-state index in [0.29, 0.717) is 29.5 Å². The van der Waals surface area contributed by atoms with Gasteiger partial charge in [-0.25, -0.2) is 15.0 Å². The molecule has 1 saturated heterocycles. The number of fused-ring (bicyclic) bond motifs is 3. The Hall–Kier alpha value is -3.56. The van der Waals surface area contributed by atoms with Gasteiger partial charge in [-0.1, -0.05) is 6.42 Å². The molecule has 0 spiro atoms. The van der Waals surface area contributed by atoms with Gasteiger partial charge in [0.1, 0.15) is 12.2 Å². The third-order valence-electron chi connectivity index (χ3n) is 6.90. The molecule has 186 valence electrons. The van der Waals surface area contributed by atoms with Crippen molar-refractivity contribution in [1.29, 1.82) is 0 Å². The van der Waals surface area contributed by atoms with Gasteiger partial charge >= 0.3 is 0 Å². The molecule has 10 nitrogen and oxygen atoms in total. The van der Waals surface area contributed by atoms with Crippen LogP contribution in [0.3, 0.4) is 0 Å². The minimum atomic E-state index is -0.187. The maximum Gasteiger partial charge on any atom is 0.229 e. The standard InChI is InChI=1S/C25H32N6O4/c1-33-18-12-17(13-19(34-2)22(18)35-3)28-25(32)16-8-7-10-30(14-16)23-21-24(27-15-26-23)31-11-6-4-5-9-20(31)29-21/h12-13,15-16H,4-11,14H2,1-3H3,(H,28,32)/t16-/m1/s1. The van der Waals surface area contributed by atoms with Gasteiger partial charge in [0.15, 0.2) is 28.5 Å². The molecule has 4 heterocycles. The highest BCUT2D eigenvalue weighted by molar-refractivity contribution is 5.94. The second-order valence-corrected chi connectivity index (χ2v) is 9.05. The number of rotatable bonds is 6. The van der Waals surface area contributed by atoms with Gasteiger partial charge in [-0.2, -0.15) is 0 Å². The average Bonchev–Trinajstić information content (AvgIpc) is 3.08. The van der Waals surface area contributed by atoms with Gasteiger partial charge in [0.2, 0.25) is 11.7 Å². The lowest BCUT2D eigenvalue weighted by atomic mass is 9.97. The third kappa shape index (κ3) is 4.44. The van der Waals surface area contributed by atoms with Crippen molar-refractivity contribution in [2.75, 3.05) is 44.6 Å². The SMILES string of the molecule is COc1cc(NC(=O)[C@@H]2CCCN(c3ncnc4c3nc3n4CCCCC3)C2)cc(OC)c1OC. The van der Waals surface area contributed by atoms with E-state index in [1.165, 1.54) is 6.42 Å². The second kappa shape index (κ2) is 9.97. The lowest BCUT2D eigenvalue weighted by Gasteiger charge is -2.32. The number of anilines is 2. The van der Waals surface area contributed by atoms with Crippen LogP contribution in [0.4, 0.5) is 11.5 Å². The fourth-order valence-corrected chi connectivity index (χ4v) is 5.14. The highest BCUT2D eigenvalue weighted by Crippen LogP contribution is 2.40. The molecule has 1 fully saturated rings. The van der Waals surface area contributed by atoms with Crippen LogP contribution < -0.4 is 24.4 Å². The first-order valence-electron chi connectivity index (χ1n) is 12.2. The van der Waals surface area contributed by atoms with Crippen molar-refractivity contribution in [2.45, 2.75) is 45.1 Å². The minimum absolute atomic E-state index is 0.0464. The molecule has 0 saturated carbocycles. The molecule has 3 aromatic rings. The normalized spacial score (nSPS) is 18.0. The Morgan fingerprint density at radius 1 is 1.00 bits per heavy atom. The van der Waals surface area contributed by atoms with Gasteiger partial charge in [-0.05, 0) is 25.7 Å². The molecule has 10 heteroatoms. The first-order chi connectivity index (χ1) is 17.1. The molecule has 1 atom stereocenters. The topological polar surface area (TPSA) is 104 Å². The summed E-state index contributed by atoms with van der Waals surface area (Å²) in [7, 11) is 4.66. The Kier molecular flexibility index (Phi) is 6.61. The summed E-state index contributed by atoms with van der Waals surface area (Å²) in [5.41, 5.74) is 2.34. The number of hydrogen-bond donors (Lipinski definition) is 1. The average molecular weight is 481 g/mol. The predicted molar refractivity (Wildman–Crippen MR) is 133 cm³/mol. The summed E-state index contributed by atoms with van der Waals surface area (Å²) in [6.07, 6.45) is 7.81. The van der Waals surface area contributed by atoms with Crippen LogP contribution in [-0.2, 0) is 17.8 Å². The molecular weight excluding hydrogens is 448 g/mol. The fourth-order valence-electron chi connectivity index (χ4n) is 5.14. The number of hydrogen-bond acceptors (Lipinski definition) is 8. The van der Waals surface area contributed by atoms with E-state index in [1.807, 2.05) is 0 Å². The van der Waals surface area contributed by atoms with Crippen LogP contribution in [0.5, 0.6) is 17.2 Å². The van der Waals surface area contributed by atoms with E-state index < -0.39 is 0 Å². The quantitative estimate of drug-likeness (QED) is 0.572. The molecule has 1 amide bonds. The molecule has 2 aliphatic heterocycles. The number of nitrogens with one attached hydrogen (secondary N) is 1. The summed E-state index contributed by atoms with van der Waals surface area (Å²) >= 11 is 0. The highest BCUT2D eigenvalue weighted by atomic mass is 16.5. The maximum absolute atomic E-state index is 13.3. The smallest absolute Gasteiger partial charge is 0.229 e. The number of imidazole rings is 1. The number of aromatic nitrogens is 4. The van der Waals surface area contributed by atoms with Gasteiger partial charge in [0.05, 0.1) is 27.2 Å². The van der Waals surface area contributed by atoms with Crippen LogP contribution in [-0.4, -0.2) is 59.8 Å². The Morgan fingerprint density at radius 2 is 1.80 bits per heavy atom. The number of amides is 1. The Morgan fingerprint density at radius 3 is 2.54 bits per heavy atom. The molecule has 0 radical (unpaired) electrons. The lowest BCUT2D eigenvalue weighted by molar-refractivity contribution is -0.120. The predicted octanol–water partition coefficient (Wildman–Crippen LogP) is 3.43. The summed E-state index contributed by atoms with van der Waals surface area (Å²) in [5.74, 6) is 3.16. The van der Waals surface area contributed by atoms with E-state index in [2.05, 4.69) is 24.8 Å². The fraction of sp³-hybridized carbons (Fsp3) is 0.520. The van der Waals surface area contributed by atoms with Crippen molar-refractivity contribution in [3.63, 3.8) is 0 Å². The van der Waals surface area contributed by atoms with Crippen LogP contribution in [0.2, 0.25) is 0 Å². The van der Waals surface area contributed by atoms with Gasteiger partial charge < -0.3 is 29.0 Å². The van der Waals surface area contributed by atoms with Crippen LogP contribution in [0.25, 0.3) is 11.2 Å². The molecule has 2 aliphatic rings. The van der Waals surface area contributed by atoms with Gasteiger partial charge in [0, 0.05) is 43.9 Å². The zero-order valence-electron chi connectivity index (χ0n) is 20.5. The summed E-state index contributed by atoms with van der Waals surface area (Å²) < 4.78 is 18.5. The van der Waals surface area contributed by atoms with E-state index in [9.17, 15) is 4.79 Å². The van der Waals surface area contributed by atoms with Crippen molar-refractivity contribution in [2.24, 2.45) is 5.92 Å². The highest BCUT2D eigenvalue weighted by Gasteiger charge is 2.29. The largest absolute Gasteiger partial charge is 0.493 e. The zero-order chi connectivity index (χ0) is 24.4. The summed E-state index contributed by atoms with van der Waals surface area (Å²) in [6, 6.07) is 3.48. The molecule has 1 N–H and O–H groups in total. The number of aryl methyl sites for hydroxylation is 2. The van der Waals surface area contributed by atoms with E-state index in [-0.39, 0.29) is 11.8 Å². The number of piperidine rings is 1. The van der Waals surface area contributed by atoms with Crippen LogP contribution in [0.1, 0.15) is 37.9 Å². The third-order valence-corrected chi connectivity index (χ3v) is 6.90.